The SMILES string of the molecule is Cc1sc(Nc2ccc(Br)c(Cl)c2)nc1C(=O)O. The molecule has 94 valence electrons. The van der Waals surface area contributed by atoms with Gasteiger partial charge in [0.15, 0.2) is 10.8 Å². The van der Waals surface area contributed by atoms with E-state index in [9.17, 15) is 4.79 Å². The highest BCUT2D eigenvalue weighted by Crippen LogP contribution is 2.29. The molecule has 0 aliphatic carbocycles. The van der Waals surface area contributed by atoms with Crippen molar-refractivity contribution in [3.8, 4) is 0 Å². The quantitative estimate of drug-likeness (QED) is 0.868. The molecule has 0 fully saturated rings. The topological polar surface area (TPSA) is 62.2 Å². The summed E-state index contributed by atoms with van der Waals surface area (Å²) in [6.45, 7) is 1.72. The Labute approximate surface area is 121 Å². The van der Waals surface area contributed by atoms with E-state index >= 15 is 0 Å². The molecule has 0 unspecified atom stereocenters. The maximum absolute atomic E-state index is 10.9. The fourth-order valence-electron chi connectivity index (χ4n) is 1.35. The molecule has 0 aliphatic rings. The van der Waals surface area contributed by atoms with Crippen molar-refractivity contribution >= 4 is 55.7 Å². The van der Waals surface area contributed by atoms with Gasteiger partial charge in [0.1, 0.15) is 0 Å². The Bertz CT molecular complexity index is 615. The van der Waals surface area contributed by atoms with E-state index in [0.29, 0.717) is 15.0 Å². The zero-order valence-electron chi connectivity index (χ0n) is 9.20. The second kappa shape index (κ2) is 5.26. The van der Waals surface area contributed by atoms with Crippen molar-refractivity contribution in [2.45, 2.75) is 6.92 Å². The molecule has 0 atom stereocenters. The molecule has 1 heterocycles. The molecule has 2 rings (SSSR count). The van der Waals surface area contributed by atoms with E-state index < -0.39 is 5.97 Å². The summed E-state index contributed by atoms with van der Waals surface area (Å²) in [5.41, 5.74) is 0.833. The van der Waals surface area contributed by atoms with Crippen LogP contribution in [0.15, 0.2) is 22.7 Å². The van der Waals surface area contributed by atoms with E-state index in [1.807, 2.05) is 12.1 Å². The van der Waals surface area contributed by atoms with Crippen molar-refractivity contribution in [2.75, 3.05) is 5.32 Å². The van der Waals surface area contributed by atoms with E-state index in [1.54, 1.807) is 13.0 Å². The zero-order chi connectivity index (χ0) is 13.3. The van der Waals surface area contributed by atoms with E-state index in [2.05, 4.69) is 26.2 Å². The average molecular weight is 348 g/mol. The average Bonchev–Trinajstić information content (AvgIpc) is 2.65. The van der Waals surface area contributed by atoms with E-state index in [0.717, 1.165) is 10.2 Å². The van der Waals surface area contributed by atoms with Crippen LogP contribution in [0.5, 0.6) is 0 Å². The summed E-state index contributed by atoms with van der Waals surface area (Å²) in [5.74, 6) is -1.02. The predicted molar refractivity (Wildman–Crippen MR) is 76.2 cm³/mol. The lowest BCUT2D eigenvalue weighted by atomic mass is 10.3. The number of hydrogen-bond donors (Lipinski definition) is 2. The van der Waals surface area contributed by atoms with Crippen LogP contribution in [0.25, 0.3) is 0 Å². The third-order valence-corrected chi connectivity index (χ3v) is 4.29. The number of aryl methyl sites for hydroxylation is 1. The third-order valence-electron chi connectivity index (χ3n) is 2.17. The minimum Gasteiger partial charge on any atom is -0.476 e. The first-order valence-electron chi connectivity index (χ1n) is 4.90. The number of anilines is 2. The standard InChI is InChI=1S/C11H8BrClN2O2S/c1-5-9(10(16)17)15-11(18-5)14-6-2-3-7(12)8(13)4-6/h2-4H,1H3,(H,14,15)(H,16,17). The molecule has 0 saturated heterocycles. The summed E-state index contributed by atoms with van der Waals surface area (Å²) >= 11 is 10.6. The Morgan fingerprint density at radius 2 is 2.28 bits per heavy atom. The number of aromatic nitrogens is 1. The van der Waals surface area contributed by atoms with E-state index in [-0.39, 0.29) is 5.69 Å². The highest BCUT2D eigenvalue weighted by atomic mass is 79.9. The second-order valence-corrected chi connectivity index (χ2v) is 5.95. The zero-order valence-corrected chi connectivity index (χ0v) is 12.4. The van der Waals surface area contributed by atoms with Gasteiger partial charge >= 0.3 is 5.97 Å². The maximum Gasteiger partial charge on any atom is 0.355 e. The molecule has 2 aromatic rings. The number of carboxylic acid groups (broad SMARTS) is 1. The van der Waals surface area contributed by atoms with Crippen molar-refractivity contribution in [2.24, 2.45) is 0 Å². The van der Waals surface area contributed by atoms with E-state index in [4.69, 9.17) is 16.7 Å². The van der Waals surface area contributed by atoms with Crippen molar-refractivity contribution in [3.05, 3.63) is 38.3 Å². The summed E-state index contributed by atoms with van der Waals surface area (Å²) in [5, 5.41) is 13.0. The van der Waals surface area contributed by atoms with Gasteiger partial charge in [-0.1, -0.05) is 11.6 Å². The molecule has 0 amide bonds. The lowest BCUT2D eigenvalue weighted by molar-refractivity contribution is 0.0690. The van der Waals surface area contributed by atoms with Crippen molar-refractivity contribution < 1.29 is 9.90 Å². The van der Waals surface area contributed by atoms with Gasteiger partial charge in [0.05, 0.1) is 5.02 Å². The van der Waals surface area contributed by atoms with Crippen molar-refractivity contribution in [3.63, 3.8) is 0 Å². The number of nitrogens with zero attached hydrogens (tertiary/aromatic N) is 1. The van der Waals surface area contributed by atoms with Gasteiger partial charge in [0.2, 0.25) is 0 Å². The molecule has 2 N–H and O–H groups in total. The summed E-state index contributed by atoms with van der Waals surface area (Å²) in [6, 6.07) is 5.37. The largest absolute Gasteiger partial charge is 0.476 e. The summed E-state index contributed by atoms with van der Waals surface area (Å²) < 4.78 is 0.802. The fraction of sp³-hybridized carbons (Fsp3) is 0.0909. The summed E-state index contributed by atoms with van der Waals surface area (Å²) in [4.78, 5) is 15.5. The van der Waals surface area contributed by atoms with Gasteiger partial charge in [0, 0.05) is 15.0 Å². The molecule has 18 heavy (non-hydrogen) atoms. The number of halogens is 2. The van der Waals surface area contributed by atoms with Crippen LogP contribution in [-0.2, 0) is 0 Å². The Morgan fingerprint density at radius 3 is 2.83 bits per heavy atom. The molecular weight excluding hydrogens is 340 g/mol. The van der Waals surface area contributed by atoms with Crippen LogP contribution in [0.2, 0.25) is 5.02 Å². The first-order valence-corrected chi connectivity index (χ1v) is 6.89. The first-order chi connectivity index (χ1) is 8.47. The first kappa shape index (κ1) is 13.3. The minimum atomic E-state index is -1.02. The number of aromatic carboxylic acids is 1. The van der Waals surface area contributed by atoms with Crippen LogP contribution in [0.3, 0.4) is 0 Å². The van der Waals surface area contributed by atoms with Crippen LogP contribution >= 0.6 is 38.9 Å². The molecule has 1 aromatic heterocycles. The van der Waals surface area contributed by atoms with Gasteiger partial charge in [-0.05, 0) is 41.1 Å². The van der Waals surface area contributed by atoms with Crippen LogP contribution in [-0.4, -0.2) is 16.1 Å². The van der Waals surface area contributed by atoms with Crippen LogP contribution < -0.4 is 5.32 Å². The van der Waals surface area contributed by atoms with Crippen LogP contribution in [0.1, 0.15) is 15.4 Å². The Morgan fingerprint density at radius 1 is 1.56 bits per heavy atom. The molecule has 0 aliphatic heterocycles. The number of hydrogen-bond acceptors (Lipinski definition) is 4. The normalized spacial score (nSPS) is 10.4. The molecule has 0 spiro atoms. The van der Waals surface area contributed by atoms with Crippen molar-refractivity contribution in [1.82, 2.24) is 4.98 Å². The van der Waals surface area contributed by atoms with Crippen LogP contribution in [0, 0.1) is 6.92 Å². The second-order valence-electron chi connectivity index (χ2n) is 3.48. The molecule has 4 nitrogen and oxygen atoms in total. The highest BCUT2D eigenvalue weighted by Gasteiger charge is 2.14. The maximum atomic E-state index is 10.9. The van der Waals surface area contributed by atoms with Gasteiger partial charge < -0.3 is 10.4 Å². The van der Waals surface area contributed by atoms with Gasteiger partial charge in [-0.2, -0.15) is 0 Å². The molecule has 1 aromatic carbocycles. The lowest BCUT2D eigenvalue weighted by Crippen LogP contribution is -1.99. The minimum absolute atomic E-state index is 0.0747. The Hall–Kier alpha value is -1.11. The highest BCUT2D eigenvalue weighted by molar-refractivity contribution is 9.10. The number of carboxylic acids is 1. The number of carbonyl (C=O) groups is 1. The number of thiazole rings is 1. The third kappa shape index (κ3) is 2.82. The predicted octanol–water partition coefficient (Wildman–Crippen LogP) is 4.31. The summed E-state index contributed by atoms with van der Waals surface area (Å²) in [6.07, 6.45) is 0. The molecule has 0 radical (unpaired) electrons. The van der Waals surface area contributed by atoms with Crippen molar-refractivity contribution in [1.29, 1.82) is 0 Å². The smallest absolute Gasteiger partial charge is 0.355 e. The molecular formula is C11H8BrClN2O2S. The van der Waals surface area contributed by atoms with E-state index in [1.165, 1.54) is 11.3 Å². The van der Waals surface area contributed by atoms with Gasteiger partial charge in [0.25, 0.3) is 0 Å². The summed E-state index contributed by atoms with van der Waals surface area (Å²) in [7, 11) is 0. The van der Waals surface area contributed by atoms with Gasteiger partial charge in [-0.15, -0.1) is 11.3 Å². The lowest BCUT2D eigenvalue weighted by Gasteiger charge is -2.03. The van der Waals surface area contributed by atoms with Gasteiger partial charge in [-0.3, -0.25) is 0 Å². The monoisotopic (exact) mass is 346 g/mol. The fourth-order valence-corrected chi connectivity index (χ4v) is 2.60. The van der Waals surface area contributed by atoms with Crippen LogP contribution in [0.4, 0.5) is 10.8 Å². The number of rotatable bonds is 3. The van der Waals surface area contributed by atoms with Gasteiger partial charge in [-0.25, -0.2) is 9.78 Å². The number of nitrogens with one attached hydrogen (secondary N) is 1. The number of benzene rings is 1. The molecule has 0 bridgehead atoms. The Kier molecular flexibility index (Phi) is 3.89. The molecule has 7 heteroatoms. The Balaban J connectivity index is 2.26. The molecule has 0 saturated carbocycles.